The van der Waals surface area contributed by atoms with E-state index in [0.29, 0.717) is 0 Å². The Hall–Kier alpha value is -1.18. The largest absolute Gasteiger partial charge is 0.369 e. The molecule has 0 radical (unpaired) electrons. The summed E-state index contributed by atoms with van der Waals surface area (Å²) in [5, 5.41) is 3.31. The minimum atomic E-state index is 0.736. The highest BCUT2D eigenvalue weighted by Gasteiger charge is 2.14. The minimum absolute atomic E-state index is 0.736. The maximum absolute atomic E-state index is 4.69. The van der Waals surface area contributed by atoms with E-state index in [-0.39, 0.29) is 0 Å². The molecule has 0 aliphatic rings. The fourth-order valence-electron chi connectivity index (χ4n) is 1.87. The van der Waals surface area contributed by atoms with Crippen LogP contribution >= 0.6 is 22.6 Å². The van der Waals surface area contributed by atoms with Crippen LogP contribution in [0.2, 0.25) is 0 Å². The summed E-state index contributed by atoms with van der Waals surface area (Å²) in [6.45, 7) is 5.08. The van der Waals surface area contributed by atoms with E-state index in [9.17, 15) is 0 Å². The number of hydrogen-bond donors (Lipinski definition) is 1. The van der Waals surface area contributed by atoms with E-state index in [1.165, 1.54) is 0 Å². The molecule has 0 saturated carbocycles. The molecule has 2 heterocycles. The number of imidazole rings is 1. The summed E-state index contributed by atoms with van der Waals surface area (Å²) >= 11 is 2.32. The maximum atomic E-state index is 4.69. The Morgan fingerprint density at radius 2 is 2.11 bits per heavy atom. The van der Waals surface area contributed by atoms with Crippen LogP contribution in [0, 0.1) is 3.57 Å². The Bertz CT molecular complexity index is 537. The average molecular weight is 371 g/mol. The SMILES string of the molecule is CCCc1nc(-c2cncn2C)nc(NCC)c1I. The number of nitrogens with one attached hydrogen (secondary N) is 1. The minimum Gasteiger partial charge on any atom is -0.369 e. The van der Waals surface area contributed by atoms with E-state index in [2.05, 4.69) is 56.7 Å². The lowest BCUT2D eigenvalue weighted by Crippen LogP contribution is -2.09. The predicted octanol–water partition coefficient (Wildman–Crippen LogP) is 2.87. The maximum Gasteiger partial charge on any atom is 0.180 e. The summed E-state index contributed by atoms with van der Waals surface area (Å²) in [6.07, 6.45) is 5.60. The lowest BCUT2D eigenvalue weighted by atomic mass is 10.2. The van der Waals surface area contributed by atoms with Crippen molar-refractivity contribution in [1.82, 2.24) is 19.5 Å². The molecule has 2 aromatic rings. The highest BCUT2D eigenvalue weighted by molar-refractivity contribution is 14.1. The monoisotopic (exact) mass is 371 g/mol. The third-order valence-corrected chi connectivity index (χ3v) is 3.93. The molecule has 2 rings (SSSR count). The molecule has 6 heteroatoms. The summed E-state index contributed by atoms with van der Waals surface area (Å²) < 4.78 is 3.06. The number of hydrogen-bond acceptors (Lipinski definition) is 4. The summed E-state index contributed by atoms with van der Waals surface area (Å²) in [5.74, 6) is 1.65. The molecule has 0 unspecified atom stereocenters. The Morgan fingerprint density at radius 1 is 1.32 bits per heavy atom. The molecule has 2 aromatic heterocycles. The average Bonchev–Trinajstić information content (AvgIpc) is 2.81. The van der Waals surface area contributed by atoms with Crippen LogP contribution < -0.4 is 5.32 Å². The van der Waals surface area contributed by atoms with E-state index < -0.39 is 0 Å². The van der Waals surface area contributed by atoms with Crippen molar-refractivity contribution in [3.05, 3.63) is 21.8 Å². The van der Waals surface area contributed by atoms with Gasteiger partial charge in [-0.15, -0.1) is 0 Å². The molecular weight excluding hydrogens is 353 g/mol. The topological polar surface area (TPSA) is 55.6 Å². The van der Waals surface area contributed by atoms with Crippen LogP contribution in [0.1, 0.15) is 26.0 Å². The number of anilines is 1. The van der Waals surface area contributed by atoms with Crippen molar-refractivity contribution in [3.8, 4) is 11.5 Å². The highest BCUT2D eigenvalue weighted by atomic mass is 127. The molecule has 5 nitrogen and oxygen atoms in total. The second kappa shape index (κ2) is 6.31. The number of halogens is 1. The first-order chi connectivity index (χ1) is 9.17. The van der Waals surface area contributed by atoms with E-state index in [4.69, 9.17) is 0 Å². The fourth-order valence-corrected chi connectivity index (χ4v) is 2.57. The quantitative estimate of drug-likeness (QED) is 0.822. The van der Waals surface area contributed by atoms with Gasteiger partial charge in [0.2, 0.25) is 0 Å². The zero-order chi connectivity index (χ0) is 13.8. The van der Waals surface area contributed by atoms with Crippen molar-refractivity contribution in [2.75, 3.05) is 11.9 Å². The van der Waals surface area contributed by atoms with Gasteiger partial charge in [-0.1, -0.05) is 13.3 Å². The van der Waals surface area contributed by atoms with E-state index in [1.54, 1.807) is 12.5 Å². The van der Waals surface area contributed by atoms with E-state index in [1.807, 2.05) is 11.6 Å². The smallest absolute Gasteiger partial charge is 0.180 e. The van der Waals surface area contributed by atoms with Gasteiger partial charge >= 0.3 is 0 Å². The standard InChI is InChI=1S/C13H18IN5/c1-4-6-9-11(14)13(16-5-2)18-12(17-9)10-7-15-8-19(10)3/h7-8H,4-6H2,1-3H3,(H,16,17,18). The Balaban J connectivity index is 2.52. The Labute approximate surface area is 127 Å². The number of aromatic nitrogens is 4. The summed E-state index contributed by atoms with van der Waals surface area (Å²) in [7, 11) is 1.95. The van der Waals surface area contributed by atoms with Crippen LogP contribution in [-0.2, 0) is 13.5 Å². The lowest BCUT2D eigenvalue weighted by Gasteiger charge is -2.12. The highest BCUT2D eigenvalue weighted by Crippen LogP contribution is 2.24. The van der Waals surface area contributed by atoms with Gasteiger partial charge in [-0.2, -0.15) is 0 Å². The normalized spacial score (nSPS) is 10.7. The van der Waals surface area contributed by atoms with Gasteiger partial charge in [-0.05, 0) is 35.9 Å². The van der Waals surface area contributed by atoms with Gasteiger partial charge in [0, 0.05) is 13.6 Å². The molecule has 0 spiro atoms. The lowest BCUT2D eigenvalue weighted by molar-refractivity contribution is 0.855. The van der Waals surface area contributed by atoms with Crippen molar-refractivity contribution in [2.24, 2.45) is 7.05 Å². The van der Waals surface area contributed by atoms with Crippen molar-refractivity contribution in [1.29, 1.82) is 0 Å². The summed E-state index contributed by atoms with van der Waals surface area (Å²) in [6, 6.07) is 0. The van der Waals surface area contributed by atoms with Crippen LogP contribution in [0.3, 0.4) is 0 Å². The first-order valence-corrected chi connectivity index (χ1v) is 7.52. The van der Waals surface area contributed by atoms with Crippen LogP contribution in [0.25, 0.3) is 11.5 Å². The number of aryl methyl sites for hydroxylation is 2. The van der Waals surface area contributed by atoms with E-state index in [0.717, 1.165) is 46.0 Å². The zero-order valence-corrected chi connectivity index (χ0v) is 13.6. The first kappa shape index (κ1) is 14.2. The Kier molecular flexibility index (Phi) is 4.73. The molecular formula is C13H18IN5. The van der Waals surface area contributed by atoms with Crippen molar-refractivity contribution < 1.29 is 0 Å². The molecule has 0 aliphatic carbocycles. The molecule has 0 aliphatic heterocycles. The molecule has 102 valence electrons. The summed E-state index contributed by atoms with van der Waals surface area (Å²) in [5.41, 5.74) is 2.04. The van der Waals surface area contributed by atoms with Gasteiger partial charge in [-0.3, -0.25) is 0 Å². The summed E-state index contributed by atoms with van der Waals surface area (Å²) in [4.78, 5) is 13.4. The van der Waals surface area contributed by atoms with Gasteiger partial charge in [0.05, 0.1) is 21.8 Å². The second-order valence-electron chi connectivity index (χ2n) is 4.33. The van der Waals surface area contributed by atoms with Crippen LogP contribution in [-0.4, -0.2) is 26.1 Å². The van der Waals surface area contributed by atoms with Gasteiger partial charge < -0.3 is 9.88 Å². The van der Waals surface area contributed by atoms with Crippen LogP contribution in [0.5, 0.6) is 0 Å². The first-order valence-electron chi connectivity index (χ1n) is 6.44. The third-order valence-electron chi connectivity index (χ3n) is 2.80. The molecule has 0 saturated heterocycles. The van der Waals surface area contributed by atoms with Gasteiger partial charge in [0.1, 0.15) is 11.5 Å². The van der Waals surface area contributed by atoms with Crippen molar-refractivity contribution in [3.63, 3.8) is 0 Å². The molecule has 1 N–H and O–H groups in total. The van der Waals surface area contributed by atoms with Crippen LogP contribution in [0.4, 0.5) is 5.82 Å². The van der Waals surface area contributed by atoms with E-state index >= 15 is 0 Å². The number of rotatable bonds is 5. The van der Waals surface area contributed by atoms with Crippen molar-refractivity contribution >= 4 is 28.4 Å². The number of nitrogens with zero attached hydrogens (tertiary/aromatic N) is 4. The fraction of sp³-hybridized carbons (Fsp3) is 0.462. The van der Waals surface area contributed by atoms with Gasteiger partial charge in [0.25, 0.3) is 0 Å². The predicted molar refractivity (Wildman–Crippen MR) is 85.1 cm³/mol. The zero-order valence-electron chi connectivity index (χ0n) is 11.4. The molecule has 0 bridgehead atoms. The molecule has 0 fully saturated rings. The molecule has 0 atom stereocenters. The van der Waals surface area contributed by atoms with Crippen molar-refractivity contribution in [2.45, 2.75) is 26.7 Å². The third kappa shape index (κ3) is 3.05. The van der Waals surface area contributed by atoms with Gasteiger partial charge in [-0.25, -0.2) is 15.0 Å². The van der Waals surface area contributed by atoms with Gasteiger partial charge in [0.15, 0.2) is 5.82 Å². The molecule has 0 amide bonds. The Morgan fingerprint density at radius 3 is 2.68 bits per heavy atom. The second-order valence-corrected chi connectivity index (χ2v) is 5.41. The van der Waals surface area contributed by atoms with Crippen LogP contribution in [0.15, 0.2) is 12.5 Å². The molecule has 19 heavy (non-hydrogen) atoms. The molecule has 0 aromatic carbocycles.